The molecule has 2 amide bonds. The Balaban J connectivity index is 1.78. The van der Waals surface area contributed by atoms with Gasteiger partial charge in [-0.25, -0.2) is 13.6 Å². The van der Waals surface area contributed by atoms with Crippen molar-refractivity contribution < 1.29 is 23.4 Å². The smallest absolute Gasteiger partial charge is 0.315 e. The number of nitrogens with one attached hydrogen (secondary N) is 2. The zero-order valence-corrected chi connectivity index (χ0v) is 11.5. The largest absolute Gasteiger partial charge is 0.388 e. The first kappa shape index (κ1) is 15.7. The average molecular weight is 300 g/mol. The fraction of sp³-hybridized carbons (Fsp3) is 0.500. The van der Waals surface area contributed by atoms with E-state index in [1.54, 1.807) is 0 Å². The minimum absolute atomic E-state index is 0.0647. The fourth-order valence-electron chi connectivity index (χ4n) is 2.09. The highest BCUT2D eigenvalue weighted by Gasteiger charge is 2.30. The van der Waals surface area contributed by atoms with E-state index in [9.17, 15) is 18.7 Å². The summed E-state index contributed by atoms with van der Waals surface area (Å²) >= 11 is 0. The van der Waals surface area contributed by atoms with Crippen LogP contribution in [0, 0.1) is 11.6 Å². The van der Waals surface area contributed by atoms with Crippen LogP contribution in [0.15, 0.2) is 18.2 Å². The number of carbonyl (C=O) groups is 1. The topological polar surface area (TPSA) is 70.6 Å². The maximum Gasteiger partial charge on any atom is 0.315 e. The van der Waals surface area contributed by atoms with Crippen LogP contribution in [0.3, 0.4) is 0 Å². The molecule has 1 aromatic rings. The molecule has 3 N–H and O–H groups in total. The van der Waals surface area contributed by atoms with Gasteiger partial charge in [0.1, 0.15) is 11.6 Å². The van der Waals surface area contributed by atoms with Gasteiger partial charge in [-0.05, 0) is 18.2 Å². The fourth-order valence-corrected chi connectivity index (χ4v) is 2.09. The average Bonchev–Trinajstić information content (AvgIpc) is 2.47. The summed E-state index contributed by atoms with van der Waals surface area (Å²) in [6.45, 7) is 0.868. The predicted molar refractivity (Wildman–Crippen MR) is 71.6 cm³/mol. The van der Waals surface area contributed by atoms with E-state index >= 15 is 0 Å². The first-order chi connectivity index (χ1) is 9.98. The third kappa shape index (κ3) is 4.64. The molecule has 1 aliphatic heterocycles. The molecule has 0 aromatic heterocycles. The highest BCUT2D eigenvalue weighted by atomic mass is 19.1. The second-order valence-corrected chi connectivity index (χ2v) is 5.11. The summed E-state index contributed by atoms with van der Waals surface area (Å²) in [6, 6.07) is 2.51. The molecule has 0 unspecified atom stereocenters. The van der Waals surface area contributed by atoms with Crippen LogP contribution in [0.1, 0.15) is 18.4 Å². The van der Waals surface area contributed by atoms with Gasteiger partial charge < -0.3 is 20.5 Å². The Hall–Kier alpha value is -1.73. The molecule has 0 spiro atoms. The van der Waals surface area contributed by atoms with Crippen molar-refractivity contribution in [3.63, 3.8) is 0 Å². The molecule has 1 saturated heterocycles. The summed E-state index contributed by atoms with van der Waals surface area (Å²) in [5.74, 6) is -1.15. The maximum absolute atomic E-state index is 13.4. The summed E-state index contributed by atoms with van der Waals surface area (Å²) < 4.78 is 31.5. The minimum atomic E-state index is -0.973. The normalized spacial score (nSPS) is 17.3. The molecular formula is C14H18F2N2O3. The van der Waals surface area contributed by atoms with E-state index < -0.39 is 23.3 Å². The van der Waals surface area contributed by atoms with Gasteiger partial charge >= 0.3 is 6.03 Å². The third-order valence-corrected chi connectivity index (χ3v) is 3.45. The van der Waals surface area contributed by atoms with Gasteiger partial charge in [0.25, 0.3) is 0 Å². The van der Waals surface area contributed by atoms with E-state index in [2.05, 4.69) is 10.6 Å². The van der Waals surface area contributed by atoms with Crippen LogP contribution in [0.25, 0.3) is 0 Å². The first-order valence-electron chi connectivity index (χ1n) is 6.74. The van der Waals surface area contributed by atoms with Gasteiger partial charge in [-0.15, -0.1) is 0 Å². The summed E-state index contributed by atoms with van der Waals surface area (Å²) in [5, 5.41) is 15.1. The number of benzene rings is 1. The van der Waals surface area contributed by atoms with Crippen molar-refractivity contribution in [2.45, 2.75) is 25.0 Å². The molecule has 0 saturated carbocycles. The Kier molecular flexibility index (Phi) is 5.08. The second-order valence-electron chi connectivity index (χ2n) is 5.11. The Morgan fingerprint density at radius 3 is 2.71 bits per heavy atom. The van der Waals surface area contributed by atoms with Gasteiger partial charge in [-0.1, -0.05) is 0 Å². The summed E-state index contributed by atoms with van der Waals surface area (Å²) in [5.41, 5.74) is -0.908. The molecule has 0 radical (unpaired) electrons. The van der Waals surface area contributed by atoms with Crippen LogP contribution < -0.4 is 10.6 Å². The van der Waals surface area contributed by atoms with Crippen LogP contribution in [-0.4, -0.2) is 36.5 Å². The number of ether oxygens (including phenoxy) is 1. The number of hydrogen-bond donors (Lipinski definition) is 3. The number of aliphatic hydroxyl groups is 1. The standard InChI is InChI=1S/C14H18F2N2O3/c15-11-1-2-12(16)10(7-11)8-17-13(19)18-9-14(20)3-5-21-6-4-14/h1-2,7,20H,3-6,8-9H2,(H2,17,18,19). The highest BCUT2D eigenvalue weighted by molar-refractivity contribution is 5.73. The molecule has 5 nitrogen and oxygen atoms in total. The van der Waals surface area contributed by atoms with Crippen molar-refractivity contribution >= 4 is 6.03 Å². The number of amides is 2. The number of hydrogen-bond acceptors (Lipinski definition) is 3. The Bertz CT molecular complexity index is 505. The van der Waals surface area contributed by atoms with Crippen LogP contribution >= 0.6 is 0 Å². The van der Waals surface area contributed by atoms with Gasteiger partial charge in [0, 0.05) is 44.7 Å². The third-order valence-electron chi connectivity index (χ3n) is 3.45. The van der Waals surface area contributed by atoms with Crippen LogP contribution in [0.2, 0.25) is 0 Å². The monoisotopic (exact) mass is 300 g/mol. The molecule has 0 atom stereocenters. The highest BCUT2D eigenvalue weighted by Crippen LogP contribution is 2.19. The second kappa shape index (κ2) is 6.82. The van der Waals surface area contributed by atoms with Crippen molar-refractivity contribution in [3.8, 4) is 0 Å². The van der Waals surface area contributed by atoms with E-state index in [-0.39, 0.29) is 18.7 Å². The molecule has 21 heavy (non-hydrogen) atoms. The first-order valence-corrected chi connectivity index (χ1v) is 6.74. The quantitative estimate of drug-likeness (QED) is 0.785. The lowest BCUT2D eigenvalue weighted by molar-refractivity contribution is -0.0600. The van der Waals surface area contributed by atoms with Crippen LogP contribution in [-0.2, 0) is 11.3 Å². The van der Waals surface area contributed by atoms with Gasteiger partial charge in [0.05, 0.1) is 5.60 Å². The molecule has 116 valence electrons. The van der Waals surface area contributed by atoms with E-state index in [1.807, 2.05) is 0 Å². The van der Waals surface area contributed by atoms with Crippen molar-refractivity contribution in [1.29, 1.82) is 0 Å². The predicted octanol–water partition coefficient (Wildman–Crippen LogP) is 1.31. The Morgan fingerprint density at radius 2 is 2.00 bits per heavy atom. The van der Waals surface area contributed by atoms with E-state index in [0.717, 1.165) is 18.2 Å². The van der Waals surface area contributed by atoms with Crippen molar-refractivity contribution in [2.75, 3.05) is 19.8 Å². The lowest BCUT2D eigenvalue weighted by Crippen LogP contribution is -2.49. The van der Waals surface area contributed by atoms with Crippen molar-refractivity contribution in [1.82, 2.24) is 10.6 Å². The number of carbonyl (C=O) groups excluding carboxylic acids is 1. The zero-order valence-electron chi connectivity index (χ0n) is 11.5. The van der Waals surface area contributed by atoms with E-state index in [1.165, 1.54) is 0 Å². The lowest BCUT2D eigenvalue weighted by atomic mass is 9.94. The molecule has 1 aromatic carbocycles. The number of halogens is 2. The van der Waals surface area contributed by atoms with Gasteiger partial charge in [0.15, 0.2) is 0 Å². The zero-order chi connectivity index (χ0) is 15.3. The molecule has 1 aliphatic rings. The minimum Gasteiger partial charge on any atom is -0.388 e. The number of rotatable bonds is 4. The molecule has 0 bridgehead atoms. The van der Waals surface area contributed by atoms with Gasteiger partial charge in [-0.3, -0.25) is 0 Å². The SMILES string of the molecule is O=C(NCc1cc(F)ccc1F)NCC1(O)CCOCC1. The molecule has 0 aliphatic carbocycles. The van der Waals surface area contributed by atoms with Gasteiger partial charge in [0.2, 0.25) is 0 Å². The molecule has 1 fully saturated rings. The molecule has 7 heteroatoms. The maximum atomic E-state index is 13.4. The van der Waals surface area contributed by atoms with Crippen LogP contribution in [0.5, 0.6) is 0 Å². The lowest BCUT2D eigenvalue weighted by Gasteiger charge is -2.32. The molecule has 2 rings (SSSR count). The van der Waals surface area contributed by atoms with Crippen molar-refractivity contribution in [3.05, 3.63) is 35.4 Å². The molecule has 1 heterocycles. The van der Waals surface area contributed by atoms with E-state index in [0.29, 0.717) is 26.1 Å². The number of urea groups is 1. The Labute approximate surface area is 121 Å². The summed E-state index contributed by atoms with van der Waals surface area (Å²) in [4.78, 5) is 11.6. The molecular weight excluding hydrogens is 282 g/mol. The van der Waals surface area contributed by atoms with Crippen LogP contribution in [0.4, 0.5) is 13.6 Å². The Morgan fingerprint density at radius 1 is 1.29 bits per heavy atom. The van der Waals surface area contributed by atoms with Gasteiger partial charge in [-0.2, -0.15) is 0 Å². The summed E-state index contributed by atoms with van der Waals surface area (Å²) in [6.07, 6.45) is 0.900. The van der Waals surface area contributed by atoms with Crippen molar-refractivity contribution in [2.24, 2.45) is 0 Å². The summed E-state index contributed by atoms with van der Waals surface area (Å²) in [7, 11) is 0. The van der Waals surface area contributed by atoms with E-state index in [4.69, 9.17) is 4.74 Å².